The Hall–Kier alpha value is -2.61. The molecule has 0 atom stereocenters. The topological polar surface area (TPSA) is 86.7 Å². The summed E-state index contributed by atoms with van der Waals surface area (Å²) in [4.78, 5) is 11.9. The summed E-state index contributed by atoms with van der Waals surface area (Å²) in [5.74, 6) is 1.81. The molecule has 8 heteroatoms. The highest BCUT2D eigenvalue weighted by molar-refractivity contribution is 7.90. The third-order valence-electron chi connectivity index (χ3n) is 5.06. The lowest BCUT2D eigenvalue weighted by molar-refractivity contribution is 0.602. The van der Waals surface area contributed by atoms with Gasteiger partial charge in [-0.2, -0.15) is 0 Å². The van der Waals surface area contributed by atoms with Gasteiger partial charge in [-0.1, -0.05) is 18.2 Å². The molecule has 1 aromatic heterocycles. The van der Waals surface area contributed by atoms with Crippen LogP contribution in [0.25, 0.3) is 0 Å². The molecule has 0 spiro atoms. The molecule has 7 nitrogen and oxygen atoms in total. The fourth-order valence-electron chi connectivity index (χ4n) is 3.38. The van der Waals surface area contributed by atoms with E-state index in [1.54, 1.807) is 12.1 Å². The summed E-state index contributed by atoms with van der Waals surface area (Å²) in [5.41, 5.74) is 2.15. The van der Waals surface area contributed by atoms with Crippen molar-refractivity contribution in [3.63, 3.8) is 0 Å². The molecule has 2 aromatic rings. The predicted octanol–water partition coefficient (Wildman–Crippen LogP) is 2.38. The zero-order valence-corrected chi connectivity index (χ0v) is 18.6. The maximum absolute atomic E-state index is 11.6. The number of nitrogens with one attached hydrogen (secondary N) is 2. The predicted molar refractivity (Wildman–Crippen MR) is 122 cm³/mol. The van der Waals surface area contributed by atoms with Gasteiger partial charge in [0.15, 0.2) is 15.8 Å². The Morgan fingerprint density at radius 1 is 1.07 bits per heavy atom. The fourth-order valence-corrected chi connectivity index (χ4v) is 4.01. The Bertz CT molecular complexity index is 934. The van der Waals surface area contributed by atoms with Crippen LogP contribution in [0.1, 0.15) is 30.9 Å². The number of anilines is 1. The maximum atomic E-state index is 11.6. The Labute approximate surface area is 179 Å². The summed E-state index contributed by atoms with van der Waals surface area (Å²) in [7, 11) is -3.15. The molecule has 0 unspecified atom stereocenters. The molecule has 2 heterocycles. The van der Waals surface area contributed by atoms with Gasteiger partial charge < -0.3 is 15.5 Å². The van der Waals surface area contributed by atoms with Crippen molar-refractivity contribution in [2.24, 2.45) is 4.99 Å². The number of hydrogen-bond acceptors (Lipinski definition) is 5. The average molecular weight is 430 g/mol. The summed E-state index contributed by atoms with van der Waals surface area (Å²) in [6.07, 6.45) is 6.39. The molecule has 1 fully saturated rings. The number of sulfone groups is 1. The second-order valence-corrected chi connectivity index (χ2v) is 9.52. The molecule has 0 aliphatic carbocycles. The number of pyridine rings is 1. The Morgan fingerprint density at radius 3 is 2.37 bits per heavy atom. The highest BCUT2D eigenvalue weighted by Gasteiger charge is 2.13. The molecule has 3 rings (SSSR count). The van der Waals surface area contributed by atoms with Crippen molar-refractivity contribution in [2.45, 2.75) is 37.6 Å². The van der Waals surface area contributed by atoms with E-state index in [1.165, 1.54) is 19.1 Å². The van der Waals surface area contributed by atoms with Crippen LogP contribution in [0, 0.1) is 0 Å². The van der Waals surface area contributed by atoms with E-state index in [1.807, 2.05) is 25.3 Å². The van der Waals surface area contributed by atoms with Crippen LogP contribution in [-0.2, 0) is 22.8 Å². The standard InChI is InChI=1S/C22H31N5O2S/c1-3-23-22(24-13-12-18-6-9-20(10-7-18)30(2,28)29)26-17-19-8-11-21(25-16-19)27-14-4-5-15-27/h6-11,16H,3-5,12-15,17H2,1-2H3,(H2,23,24,26). The lowest BCUT2D eigenvalue weighted by Crippen LogP contribution is -2.38. The van der Waals surface area contributed by atoms with Gasteiger partial charge in [-0.05, 0) is 55.5 Å². The molecule has 2 N–H and O–H groups in total. The summed E-state index contributed by atoms with van der Waals surface area (Å²) in [5, 5.41) is 6.59. The average Bonchev–Trinajstić information content (AvgIpc) is 3.27. The number of rotatable bonds is 8. The van der Waals surface area contributed by atoms with Crippen molar-refractivity contribution < 1.29 is 8.42 Å². The van der Waals surface area contributed by atoms with E-state index in [4.69, 9.17) is 0 Å². The molecule has 1 aromatic carbocycles. The van der Waals surface area contributed by atoms with Crippen LogP contribution in [0.5, 0.6) is 0 Å². The van der Waals surface area contributed by atoms with E-state index in [0.29, 0.717) is 18.0 Å². The zero-order chi connectivity index (χ0) is 21.4. The molecule has 0 saturated carbocycles. The van der Waals surface area contributed by atoms with Gasteiger partial charge in [0.2, 0.25) is 0 Å². The quantitative estimate of drug-likeness (QED) is 0.495. The van der Waals surface area contributed by atoms with E-state index >= 15 is 0 Å². The summed E-state index contributed by atoms with van der Waals surface area (Å²) >= 11 is 0. The number of aliphatic imine (C=N–C) groups is 1. The molecule has 1 aliphatic rings. The first kappa shape index (κ1) is 22.1. The van der Waals surface area contributed by atoms with Gasteiger partial charge in [0.1, 0.15) is 5.82 Å². The second-order valence-electron chi connectivity index (χ2n) is 7.51. The highest BCUT2D eigenvalue weighted by Crippen LogP contribution is 2.17. The maximum Gasteiger partial charge on any atom is 0.191 e. The van der Waals surface area contributed by atoms with Crippen molar-refractivity contribution in [3.05, 3.63) is 53.7 Å². The van der Waals surface area contributed by atoms with Gasteiger partial charge in [0, 0.05) is 38.6 Å². The van der Waals surface area contributed by atoms with Crippen LogP contribution < -0.4 is 15.5 Å². The number of guanidine groups is 1. The first-order valence-corrected chi connectivity index (χ1v) is 12.4. The zero-order valence-electron chi connectivity index (χ0n) is 17.8. The summed E-state index contributed by atoms with van der Waals surface area (Å²) in [6, 6.07) is 11.2. The number of nitrogens with zero attached hydrogens (tertiary/aromatic N) is 3. The van der Waals surface area contributed by atoms with Crippen molar-refractivity contribution in [3.8, 4) is 0 Å². The number of benzene rings is 1. The molecular formula is C22H31N5O2S. The van der Waals surface area contributed by atoms with Gasteiger partial charge in [-0.15, -0.1) is 0 Å². The monoisotopic (exact) mass is 429 g/mol. The molecule has 0 bridgehead atoms. The molecule has 1 saturated heterocycles. The third-order valence-corrected chi connectivity index (χ3v) is 6.19. The molecule has 30 heavy (non-hydrogen) atoms. The second kappa shape index (κ2) is 10.4. The van der Waals surface area contributed by atoms with Gasteiger partial charge >= 0.3 is 0 Å². The minimum Gasteiger partial charge on any atom is -0.357 e. The van der Waals surface area contributed by atoms with E-state index in [0.717, 1.165) is 49.0 Å². The highest BCUT2D eigenvalue weighted by atomic mass is 32.2. The van der Waals surface area contributed by atoms with Crippen molar-refractivity contribution >= 4 is 21.6 Å². The first-order valence-electron chi connectivity index (χ1n) is 10.5. The van der Waals surface area contributed by atoms with E-state index in [-0.39, 0.29) is 0 Å². The van der Waals surface area contributed by atoms with E-state index < -0.39 is 9.84 Å². The van der Waals surface area contributed by atoms with Crippen LogP contribution >= 0.6 is 0 Å². The van der Waals surface area contributed by atoms with Crippen molar-refractivity contribution in [2.75, 3.05) is 37.3 Å². The molecule has 1 aliphatic heterocycles. The van der Waals surface area contributed by atoms with Crippen LogP contribution in [-0.4, -0.2) is 51.8 Å². The smallest absolute Gasteiger partial charge is 0.191 e. The van der Waals surface area contributed by atoms with Crippen molar-refractivity contribution in [1.29, 1.82) is 0 Å². The molecule has 0 amide bonds. The van der Waals surface area contributed by atoms with Crippen LogP contribution in [0.15, 0.2) is 52.5 Å². The summed E-state index contributed by atoms with van der Waals surface area (Å²) < 4.78 is 23.1. The van der Waals surface area contributed by atoms with Crippen molar-refractivity contribution in [1.82, 2.24) is 15.6 Å². The van der Waals surface area contributed by atoms with Crippen LogP contribution in [0.3, 0.4) is 0 Å². The minimum atomic E-state index is -3.15. The van der Waals surface area contributed by atoms with Gasteiger partial charge in [-0.25, -0.2) is 18.4 Å². The lowest BCUT2D eigenvalue weighted by atomic mass is 10.1. The number of aromatic nitrogens is 1. The molecule has 0 radical (unpaired) electrons. The largest absolute Gasteiger partial charge is 0.357 e. The van der Waals surface area contributed by atoms with Gasteiger partial charge in [-0.3, -0.25) is 0 Å². The fraction of sp³-hybridized carbons (Fsp3) is 0.455. The molecular weight excluding hydrogens is 398 g/mol. The minimum absolute atomic E-state index is 0.346. The Kier molecular flexibility index (Phi) is 7.68. The Morgan fingerprint density at radius 2 is 1.77 bits per heavy atom. The molecule has 162 valence electrons. The van der Waals surface area contributed by atoms with Crippen LogP contribution in [0.2, 0.25) is 0 Å². The first-order chi connectivity index (χ1) is 14.5. The van der Waals surface area contributed by atoms with Gasteiger partial charge in [0.05, 0.1) is 11.4 Å². The SMILES string of the molecule is CCNC(=NCc1ccc(N2CCCC2)nc1)NCCc1ccc(S(C)(=O)=O)cc1. The van der Waals surface area contributed by atoms with Gasteiger partial charge in [0.25, 0.3) is 0 Å². The summed E-state index contributed by atoms with van der Waals surface area (Å²) in [6.45, 7) is 6.27. The van der Waals surface area contributed by atoms with E-state index in [2.05, 4.69) is 37.6 Å². The lowest BCUT2D eigenvalue weighted by Gasteiger charge is -2.16. The third kappa shape index (κ3) is 6.45. The number of hydrogen-bond donors (Lipinski definition) is 2. The van der Waals surface area contributed by atoms with Crippen LogP contribution in [0.4, 0.5) is 5.82 Å². The Balaban J connectivity index is 1.51. The normalized spacial score (nSPS) is 14.7. The van der Waals surface area contributed by atoms with E-state index in [9.17, 15) is 8.42 Å².